The molecule has 0 saturated carbocycles. The minimum atomic E-state index is 0.179. The summed E-state index contributed by atoms with van der Waals surface area (Å²) in [6.45, 7) is 2.03. The lowest BCUT2D eigenvalue weighted by molar-refractivity contribution is 0.528. The Bertz CT molecular complexity index is 1400. The molecule has 0 unspecified atom stereocenters. The lowest BCUT2D eigenvalue weighted by Crippen LogP contribution is -2.02. The molecule has 5 rings (SSSR count). The Morgan fingerprint density at radius 2 is 1.70 bits per heavy atom. The second-order valence-corrected chi connectivity index (χ2v) is 8.43. The predicted octanol–water partition coefficient (Wildman–Crippen LogP) is 4.61. The third-order valence-corrected chi connectivity index (χ3v) is 5.98. The van der Waals surface area contributed by atoms with Gasteiger partial charge in [-0.05, 0) is 31.2 Å². The number of thioether (sulfide) groups is 1. The standard InChI is InChI=1S/C22H17ClN8OS/c1-13-6-8-14(9-7-13)20-29-27-18(32-20)12-33-22-30-28-19(15-10-25-21(24)26-11-15)31(22)17-5-3-2-4-16(17)23/h2-11H,12H2,1H3,(H2,24,25,26). The first-order chi connectivity index (χ1) is 16.1. The number of para-hydroxylation sites is 1. The maximum absolute atomic E-state index is 6.49. The molecule has 33 heavy (non-hydrogen) atoms. The Labute approximate surface area is 198 Å². The molecule has 164 valence electrons. The van der Waals surface area contributed by atoms with Crippen LogP contribution in [0.5, 0.6) is 0 Å². The van der Waals surface area contributed by atoms with Gasteiger partial charge in [0.25, 0.3) is 0 Å². The Morgan fingerprint density at radius 1 is 0.939 bits per heavy atom. The van der Waals surface area contributed by atoms with Gasteiger partial charge >= 0.3 is 0 Å². The van der Waals surface area contributed by atoms with Crippen LogP contribution in [-0.2, 0) is 5.75 Å². The van der Waals surface area contributed by atoms with Gasteiger partial charge in [0.1, 0.15) is 0 Å². The Balaban J connectivity index is 1.46. The van der Waals surface area contributed by atoms with Crippen LogP contribution in [0.1, 0.15) is 11.5 Å². The number of rotatable bonds is 6. The number of halogens is 1. The van der Waals surface area contributed by atoms with E-state index in [0.29, 0.717) is 39.1 Å². The van der Waals surface area contributed by atoms with Gasteiger partial charge in [0.05, 0.1) is 22.0 Å². The summed E-state index contributed by atoms with van der Waals surface area (Å²) >= 11 is 7.90. The number of aromatic nitrogens is 7. The van der Waals surface area contributed by atoms with Crippen LogP contribution >= 0.6 is 23.4 Å². The quantitative estimate of drug-likeness (QED) is 0.350. The Morgan fingerprint density at radius 3 is 2.45 bits per heavy atom. The summed E-state index contributed by atoms with van der Waals surface area (Å²) in [4.78, 5) is 8.13. The summed E-state index contributed by atoms with van der Waals surface area (Å²) < 4.78 is 7.69. The summed E-state index contributed by atoms with van der Waals surface area (Å²) in [6.07, 6.45) is 3.19. The Hall–Kier alpha value is -3.76. The molecule has 0 amide bonds. The smallest absolute Gasteiger partial charge is 0.247 e. The van der Waals surface area contributed by atoms with Crippen LogP contribution in [-0.4, -0.2) is 34.9 Å². The molecular weight excluding hydrogens is 460 g/mol. The van der Waals surface area contributed by atoms with Crippen molar-refractivity contribution in [3.63, 3.8) is 0 Å². The van der Waals surface area contributed by atoms with Crippen molar-refractivity contribution in [3.05, 3.63) is 77.4 Å². The molecule has 0 radical (unpaired) electrons. The minimum absolute atomic E-state index is 0.179. The van der Waals surface area contributed by atoms with Crippen molar-refractivity contribution in [2.24, 2.45) is 0 Å². The number of nitrogen functional groups attached to an aromatic ring is 1. The average molecular weight is 477 g/mol. The summed E-state index contributed by atoms with van der Waals surface area (Å²) in [6, 6.07) is 15.4. The normalized spacial score (nSPS) is 11.1. The largest absolute Gasteiger partial charge is 0.420 e. The summed E-state index contributed by atoms with van der Waals surface area (Å²) in [5.74, 6) is 2.06. The van der Waals surface area contributed by atoms with E-state index in [4.69, 9.17) is 21.8 Å². The highest BCUT2D eigenvalue weighted by atomic mass is 35.5. The zero-order chi connectivity index (χ0) is 22.8. The van der Waals surface area contributed by atoms with E-state index < -0.39 is 0 Å². The molecule has 11 heteroatoms. The van der Waals surface area contributed by atoms with Crippen molar-refractivity contribution in [3.8, 4) is 28.5 Å². The topological polar surface area (TPSA) is 121 Å². The SMILES string of the molecule is Cc1ccc(-c2nnc(CSc3nnc(-c4cnc(N)nc4)n3-c3ccccc3Cl)o2)cc1. The zero-order valence-corrected chi connectivity index (χ0v) is 19.0. The first kappa shape index (κ1) is 21.1. The molecule has 0 atom stereocenters. The van der Waals surface area contributed by atoms with Crippen molar-refractivity contribution in [1.82, 2.24) is 34.9 Å². The minimum Gasteiger partial charge on any atom is -0.420 e. The average Bonchev–Trinajstić information content (AvgIpc) is 3.46. The van der Waals surface area contributed by atoms with E-state index in [-0.39, 0.29) is 5.95 Å². The van der Waals surface area contributed by atoms with Gasteiger partial charge in [0.2, 0.25) is 17.7 Å². The van der Waals surface area contributed by atoms with Crippen LogP contribution < -0.4 is 5.73 Å². The molecule has 0 bridgehead atoms. The van der Waals surface area contributed by atoms with E-state index in [9.17, 15) is 0 Å². The number of anilines is 1. The van der Waals surface area contributed by atoms with Gasteiger partial charge in [0.15, 0.2) is 11.0 Å². The number of hydrogen-bond acceptors (Lipinski definition) is 9. The molecular formula is C22H17ClN8OS. The predicted molar refractivity (Wildman–Crippen MR) is 126 cm³/mol. The highest BCUT2D eigenvalue weighted by Gasteiger charge is 2.20. The van der Waals surface area contributed by atoms with Crippen LogP contribution in [0.2, 0.25) is 5.02 Å². The van der Waals surface area contributed by atoms with Crippen LogP contribution in [0.3, 0.4) is 0 Å². The molecule has 0 aliphatic heterocycles. The van der Waals surface area contributed by atoms with Crippen molar-refractivity contribution in [2.45, 2.75) is 17.8 Å². The van der Waals surface area contributed by atoms with Crippen LogP contribution in [0.15, 0.2) is 70.5 Å². The van der Waals surface area contributed by atoms with Gasteiger partial charge in [-0.15, -0.1) is 20.4 Å². The van der Waals surface area contributed by atoms with Gasteiger partial charge in [-0.3, -0.25) is 4.57 Å². The summed E-state index contributed by atoms with van der Waals surface area (Å²) in [7, 11) is 0. The third-order valence-electron chi connectivity index (χ3n) is 4.75. The monoisotopic (exact) mass is 476 g/mol. The van der Waals surface area contributed by atoms with Gasteiger partial charge in [-0.1, -0.05) is 53.2 Å². The number of hydrogen-bond donors (Lipinski definition) is 1. The molecule has 3 heterocycles. The third kappa shape index (κ3) is 4.43. The first-order valence-corrected chi connectivity index (χ1v) is 11.3. The first-order valence-electron chi connectivity index (χ1n) is 9.89. The number of nitrogens with two attached hydrogens (primary N) is 1. The maximum Gasteiger partial charge on any atom is 0.247 e. The van der Waals surface area contributed by atoms with Crippen LogP contribution in [0.4, 0.5) is 5.95 Å². The summed E-state index contributed by atoms with van der Waals surface area (Å²) in [5.41, 5.74) is 9.05. The highest BCUT2D eigenvalue weighted by molar-refractivity contribution is 7.98. The molecule has 0 spiro atoms. The van der Waals surface area contributed by atoms with Crippen molar-refractivity contribution >= 4 is 29.3 Å². The van der Waals surface area contributed by atoms with Crippen LogP contribution in [0, 0.1) is 6.92 Å². The zero-order valence-electron chi connectivity index (χ0n) is 17.4. The molecule has 2 N–H and O–H groups in total. The van der Waals surface area contributed by atoms with E-state index in [0.717, 1.165) is 16.8 Å². The van der Waals surface area contributed by atoms with E-state index in [2.05, 4.69) is 30.4 Å². The lowest BCUT2D eigenvalue weighted by atomic mass is 10.1. The Kier molecular flexibility index (Phi) is 5.76. The molecule has 2 aromatic carbocycles. The molecule has 0 fully saturated rings. The van der Waals surface area contributed by atoms with Gasteiger partial charge in [-0.2, -0.15) is 0 Å². The number of aryl methyl sites for hydroxylation is 1. The molecule has 3 aromatic heterocycles. The van der Waals surface area contributed by atoms with Gasteiger partial charge in [-0.25, -0.2) is 9.97 Å². The van der Waals surface area contributed by atoms with Crippen LogP contribution in [0.25, 0.3) is 28.5 Å². The van der Waals surface area contributed by atoms with E-state index in [1.165, 1.54) is 11.8 Å². The molecule has 0 aliphatic carbocycles. The number of nitrogens with zero attached hydrogens (tertiary/aromatic N) is 7. The second kappa shape index (κ2) is 9.00. The van der Waals surface area contributed by atoms with Crippen molar-refractivity contribution in [2.75, 3.05) is 5.73 Å². The highest BCUT2D eigenvalue weighted by Crippen LogP contribution is 2.32. The van der Waals surface area contributed by atoms with Crippen molar-refractivity contribution in [1.29, 1.82) is 0 Å². The fourth-order valence-electron chi connectivity index (χ4n) is 3.11. The fraction of sp³-hybridized carbons (Fsp3) is 0.0909. The van der Waals surface area contributed by atoms with E-state index in [1.54, 1.807) is 18.5 Å². The van der Waals surface area contributed by atoms with E-state index in [1.807, 2.05) is 54.0 Å². The summed E-state index contributed by atoms with van der Waals surface area (Å²) in [5, 5.41) is 18.2. The van der Waals surface area contributed by atoms with Crippen molar-refractivity contribution < 1.29 is 4.42 Å². The van der Waals surface area contributed by atoms with E-state index >= 15 is 0 Å². The number of benzene rings is 2. The molecule has 0 aliphatic rings. The fourth-order valence-corrected chi connectivity index (χ4v) is 4.11. The molecule has 5 aromatic rings. The molecule has 0 saturated heterocycles. The second-order valence-electron chi connectivity index (χ2n) is 7.08. The van der Waals surface area contributed by atoms with Gasteiger partial charge in [0, 0.05) is 18.0 Å². The lowest BCUT2D eigenvalue weighted by Gasteiger charge is -2.11. The maximum atomic E-state index is 6.49. The van der Waals surface area contributed by atoms with Gasteiger partial charge < -0.3 is 10.2 Å². The molecule has 9 nitrogen and oxygen atoms in total.